The summed E-state index contributed by atoms with van der Waals surface area (Å²) in [6, 6.07) is 11.6. The molecule has 1 aromatic carbocycles. The van der Waals surface area contributed by atoms with E-state index in [2.05, 4.69) is 30.8 Å². The largest absolute Gasteiger partial charge is 0.395 e. The fourth-order valence-corrected chi connectivity index (χ4v) is 4.15. The van der Waals surface area contributed by atoms with Crippen molar-refractivity contribution >= 4 is 8.56 Å². The number of hydrogen-bond donors (Lipinski definition) is 0. The number of benzene rings is 1. The molecule has 0 radical (unpaired) electrons. The van der Waals surface area contributed by atoms with E-state index < -0.39 is 8.56 Å². The third kappa shape index (κ3) is 4.47. The molecule has 0 amide bonds. The van der Waals surface area contributed by atoms with E-state index >= 15 is 0 Å². The van der Waals surface area contributed by atoms with Gasteiger partial charge in [-0.2, -0.15) is 0 Å². The fraction of sp³-hybridized carbons (Fsp3) is 0.538. The first-order chi connectivity index (χ1) is 7.70. The maximum atomic E-state index is 5.81. The van der Waals surface area contributed by atoms with E-state index in [0.717, 1.165) is 25.7 Å². The maximum Gasteiger partial charge on any atom is 0.335 e. The fourth-order valence-electron chi connectivity index (χ4n) is 1.81. The van der Waals surface area contributed by atoms with Crippen molar-refractivity contribution in [1.82, 2.24) is 0 Å². The lowest BCUT2D eigenvalue weighted by atomic mass is 10.2. The Morgan fingerprint density at radius 1 is 1.00 bits per heavy atom. The highest BCUT2D eigenvalue weighted by molar-refractivity contribution is 6.66. The zero-order valence-electron chi connectivity index (χ0n) is 10.5. The van der Waals surface area contributed by atoms with Crippen molar-refractivity contribution < 1.29 is 8.85 Å². The minimum absolute atomic E-state index is 0.748. The molecule has 0 heterocycles. The molecule has 0 aliphatic rings. The Bertz CT molecular complexity index is 281. The summed E-state index contributed by atoms with van der Waals surface area (Å²) < 4.78 is 11.6. The summed E-state index contributed by atoms with van der Waals surface area (Å²) in [5.74, 6) is 0. The van der Waals surface area contributed by atoms with E-state index in [9.17, 15) is 0 Å². The standard InChI is InChI=1S/C13H22O2Si/c1-4-14-16(3,15-5-2)12-11-13-9-7-6-8-10-13/h6-10H,4-5,11-12H2,1-3H3. The van der Waals surface area contributed by atoms with Gasteiger partial charge in [0.2, 0.25) is 0 Å². The molecule has 0 fully saturated rings. The first-order valence-electron chi connectivity index (χ1n) is 6.02. The van der Waals surface area contributed by atoms with E-state index in [1.165, 1.54) is 5.56 Å². The molecule has 0 atom stereocenters. The van der Waals surface area contributed by atoms with Gasteiger partial charge >= 0.3 is 8.56 Å². The lowest BCUT2D eigenvalue weighted by Crippen LogP contribution is -2.39. The Labute approximate surface area is 99.8 Å². The first-order valence-corrected chi connectivity index (χ1v) is 8.54. The Balaban J connectivity index is 2.49. The second kappa shape index (κ2) is 6.84. The molecule has 90 valence electrons. The van der Waals surface area contributed by atoms with Gasteiger partial charge in [0.05, 0.1) is 0 Å². The third-order valence-electron chi connectivity index (χ3n) is 2.61. The third-order valence-corrected chi connectivity index (χ3v) is 5.57. The predicted octanol–water partition coefficient (Wildman–Crippen LogP) is 3.37. The van der Waals surface area contributed by atoms with Crippen LogP contribution in [0.5, 0.6) is 0 Å². The Kier molecular flexibility index (Phi) is 5.73. The van der Waals surface area contributed by atoms with Crippen LogP contribution in [0.15, 0.2) is 30.3 Å². The van der Waals surface area contributed by atoms with Gasteiger partial charge < -0.3 is 8.85 Å². The molecule has 0 saturated carbocycles. The van der Waals surface area contributed by atoms with Crippen LogP contribution in [0.4, 0.5) is 0 Å². The molecule has 0 unspecified atom stereocenters. The quantitative estimate of drug-likeness (QED) is 0.678. The van der Waals surface area contributed by atoms with Crippen LogP contribution in [-0.2, 0) is 15.3 Å². The van der Waals surface area contributed by atoms with Gasteiger partial charge in [-0.25, -0.2) is 0 Å². The van der Waals surface area contributed by atoms with Gasteiger partial charge in [0.25, 0.3) is 0 Å². The molecule has 0 aliphatic heterocycles. The maximum absolute atomic E-state index is 5.81. The molecule has 16 heavy (non-hydrogen) atoms. The zero-order valence-corrected chi connectivity index (χ0v) is 11.5. The van der Waals surface area contributed by atoms with Crippen LogP contribution in [0.2, 0.25) is 12.6 Å². The van der Waals surface area contributed by atoms with Crippen molar-refractivity contribution in [2.75, 3.05) is 13.2 Å². The Hall–Kier alpha value is -0.643. The molecule has 1 rings (SSSR count). The minimum Gasteiger partial charge on any atom is -0.395 e. The normalized spacial score (nSPS) is 11.7. The van der Waals surface area contributed by atoms with Crippen LogP contribution in [0.1, 0.15) is 19.4 Å². The SMILES string of the molecule is CCO[Si](C)(CCc1ccccc1)OCC. The summed E-state index contributed by atoms with van der Waals surface area (Å²) in [5, 5.41) is 0. The highest BCUT2D eigenvalue weighted by Gasteiger charge is 2.29. The van der Waals surface area contributed by atoms with Crippen molar-refractivity contribution in [3.05, 3.63) is 35.9 Å². The molecule has 0 saturated heterocycles. The molecule has 0 bridgehead atoms. The summed E-state index contributed by atoms with van der Waals surface area (Å²) in [6.07, 6.45) is 1.05. The highest BCUT2D eigenvalue weighted by atomic mass is 28.4. The molecule has 2 nitrogen and oxygen atoms in total. The summed E-state index contributed by atoms with van der Waals surface area (Å²) in [5.41, 5.74) is 1.36. The summed E-state index contributed by atoms with van der Waals surface area (Å²) in [6.45, 7) is 7.72. The molecular formula is C13H22O2Si. The first kappa shape index (κ1) is 13.4. The summed E-state index contributed by atoms with van der Waals surface area (Å²) in [4.78, 5) is 0. The van der Waals surface area contributed by atoms with Crippen LogP contribution < -0.4 is 0 Å². The van der Waals surface area contributed by atoms with E-state index in [1.54, 1.807) is 0 Å². The van der Waals surface area contributed by atoms with Crippen molar-refractivity contribution in [3.8, 4) is 0 Å². The van der Waals surface area contributed by atoms with Crippen molar-refractivity contribution in [2.45, 2.75) is 32.9 Å². The molecule has 0 aromatic heterocycles. The Morgan fingerprint density at radius 2 is 1.56 bits per heavy atom. The smallest absolute Gasteiger partial charge is 0.335 e. The second-order valence-electron chi connectivity index (χ2n) is 3.99. The molecule has 0 spiro atoms. The summed E-state index contributed by atoms with van der Waals surface area (Å²) >= 11 is 0. The van der Waals surface area contributed by atoms with Crippen LogP contribution in [-0.4, -0.2) is 21.8 Å². The van der Waals surface area contributed by atoms with Crippen LogP contribution in [0.25, 0.3) is 0 Å². The van der Waals surface area contributed by atoms with Crippen molar-refractivity contribution in [2.24, 2.45) is 0 Å². The molecule has 0 N–H and O–H groups in total. The van der Waals surface area contributed by atoms with Gasteiger partial charge in [-0.05, 0) is 38.4 Å². The topological polar surface area (TPSA) is 18.5 Å². The molecular weight excluding hydrogens is 216 g/mol. The van der Waals surface area contributed by atoms with E-state index in [0.29, 0.717) is 0 Å². The molecule has 1 aromatic rings. The number of hydrogen-bond acceptors (Lipinski definition) is 2. The molecule has 0 aliphatic carbocycles. The number of rotatable bonds is 7. The van der Waals surface area contributed by atoms with Crippen molar-refractivity contribution in [1.29, 1.82) is 0 Å². The lowest BCUT2D eigenvalue weighted by Gasteiger charge is -2.25. The van der Waals surface area contributed by atoms with E-state index in [4.69, 9.17) is 8.85 Å². The summed E-state index contributed by atoms with van der Waals surface area (Å²) in [7, 11) is -1.93. The average Bonchev–Trinajstić information content (AvgIpc) is 2.29. The van der Waals surface area contributed by atoms with Crippen LogP contribution >= 0.6 is 0 Å². The van der Waals surface area contributed by atoms with Gasteiger partial charge in [0.1, 0.15) is 0 Å². The second-order valence-corrected chi connectivity index (χ2v) is 7.33. The van der Waals surface area contributed by atoms with E-state index in [1.807, 2.05) is 19.9 Å². The zero-order chi connectivity index (χ0) is 11.9. The van der Waals surface area contributed by atoms with Crippen molar-refractivity contribution in [3.63, 3.8) is 0 Å². The Morgan fingerprint density at radius 3 is 2.06 bits per heavy atom. The molecule has 3 heteroatoms. The van der Waals surface area contributed by atoms with Gasteiger partial charge in [0, 0.05) is 13.2 Å². The van der Waals surface area contributed by atoms with Gasteiger partial charge in [0.15, 0.2) is 0 Å². The number of aryl methyl sites for hydroxylation is 1. The van der Waals surface area contributed by atoms with Crippen LogP contribution in [0, 0.1) is 0 Å². The monoisotopic (exact) mass is 238 g/mol. The van der Waals surface area contributed by atoms with Gasteiger partial charge in [-0.15, -0.1) is 0 Å². The highest BCUT2D eigenvalue weighted by Crippen LogP contribution is 2.17. The lowest BCUT2D eigenvalue weighted by molar-refractivity contribution is 0.189. The van der Waals surface area contributed by atoms with Gasteiger partial charge in [-0.3, -0.25) is 0 Å². The van der Waals surface area contributed by atoms with E-state index in [-0.39, 0.29) is 0 Å². The van der Waals surface area contributed by atoms with Crippen LogP contribution in [0.3, 0.4) is 0 Å². The minimum atomic E-state index is -1.93. The average molecular weight is 238 g/mol. The predicted molar refractivity (Wildman–Crippen MR) is 69.8 cm³/mol. The van der Waals surface area contributed by atoms with Gasteiger partial charge in [-0.1, -0.05) is 30.3 Å².